The first kappa shape index (κ1) is 26.4. The van der Waals surface area contributed by atoms with E-state index in [4.69, 9.17) is 14.5 Å². The number of halogens is 1. The topological polar surface area (TPSA) is 75.1 Å². The first-order valence-electron chi connectivity index (χ1n) is 11.1. The molecule has 2 aromatic carbocycles. The van der Waals surface area contributed by atoms with E-state index in [9.17, 15) is 5.11 Å². The van der Waals surface area contributed by atoms with Crippen LogP contribution in [0.2, 0.25) is 0 Å². The summed E-state index contributed by atoms with van der Waals surface area (Å²) in [6.07, 6.45) is 0.451. The monoisotopic (exact) mass is 553 g/mol. The fourth-order valence-electron chi connectivity index (χ4n) is 3.54. The summed E-state index contributed by atoms with van der Waals surface area (Å²) < 4.78 is 11.6. The number of benzene rings is 2. The lowest BCUT2D eigenvalue weighted by molar-refractivity contribution is 0.166. The molecule has 3 rings (SSSR count). The van der Waals surface area contributed by atoms with E-state index in [0.717, 1.165) is 54.2 Å². The Hall–Kier alpha value is -1.84. The Morgan fingerprint density at radius 1 is 1.19 bits per heavy atom. The molecule has 1 saturated heterocycles. The molecule has 2 atom stereocenters. The van der Waals surface area contributed by atoms with Gasteiger partial charge in [0.05, 0.1) is 25.9 Å². The zero-order valence-electron chi connectivity index (χ0n) is 19.3. The number of aliphatic hydroxyl groups is 1. The van der Waals surface area contributed by atoms with Gasteiger partial charge in [-0.3, -0.25) is 0 Å². The standard InChI is InChI=1S/C25H35N3O3.HI/c1-4-26-25(28-15-23(29)21-7-5-6-18(2)12-21)27-14-22-9-8-19(3)13-24(22)31-17-20-10-11-30-16-20;/h5-9,12-13,20,23,29H,4,10-11,14-17H2,1-3H3,(H2,26,27,28);1H. The van der Waals surface area contributed by atoms with E-state index < -0.39 is 6.10 Å². The van der Waals surface area contributed by atoms with Crippen LogP contribution in [0, 0.1) is 19.8 Å². The van der Waals surface area contributed by atoms with Gasteiger partial charge in [-0.25, -0.2) is 4.99 Å². The summed E-state index contributed by atoms with van der Waals surface area (Å²) in [4.78, 5) is 4.72. The fraction of sp³-hybridized carbons (Fsp3) is 0.480. The Kier molecular flexibility index (Phi) is 11.3. The van der Waals surface area contributed by atoms with E-state index in [0.29, 0.717) is 31.6 Å². The third kappa shape index (κ3) is 8.26. The maximum Gasteiger partial charge on any atom is 0.191 e. The fourth-order valence-corrected chi connectivity index (χ4v) is 3.54. The lowest BCUT2D eigenvalue weighted by atomic mass is 10.1. The average molecular weight is 553 g/mol. The first-order chi connectivity index (χ1) is 15.0. The highest BCUT2D eigenvalue weighted by Crippen LogP contribution is 2.23. The van der Waals surface area contributed by atoms with Crippen molar-refractivity contribution in [3.8, 4) is 5.75 Å². The van der Waals surface area contributed by atoms with Crippen molar-refractivity contribution in [1.82, 2.24) is 10.6 Å². The number of ether oxygens (including phenoxy) is 2. The molecule has 176 valence electrons. The van der Waals surface area contributed by atoms with Gasteiger partial charge in [-0.05, 0) is 44.4 Å². The first-order valence-corrected chi connectivity index (χ1v) is 11.1. The number of nitrogens with one attached hydrogen (secondary N) is 2. The van der Waals surface area contributed by atoms with Crippen molar-refractivity contribution in [2.45, 2.75) is 39.8 Å². The van der Waals surface area contributed by atoms with Crippen molar-refractivity contribution in [3.63, 3.8) is 0 Å². The number of hydrogen-bond acceptors (Lipinski definition) is 4. The second kappa shape index (κ2) is 13.6. The van der Waals surface area contributed by atoms with Crippen LogP contribution in [-0.4, -0.2) is 44.0 Å². The maximum absolute atomic E-state index is 10.5. The predicted molar refractivity (Wildman–Crippen MR) is 140 cm³/mol. The lowest BCUT2D eigenvalue weighted by Crippen LogP contribution is -2.39. The summed E-state index contributed by atoms with van der Waals surface area (Å²) in [6.45, 7) is 10.0. The van der Waals surface area contributed by atoms with Crippen molar-refractivity contribution in [2.75, 3.05) is 32.9 Å². The molecule has 1 fully saturated rings. The molecule has 1 aliphatic rings. The van der Waals surface area contributed by atoms with Crippen LogP contribution in [-0.2, 0) is 11.3 Å². The van der Waals surface area contributed by atoms with E-state index in [1.165, 1.54) is 0 Å². The van der Waals surface area contributed by atoms with E-state index in [2.05, 4.69) is 35.8 Å². The number of rotatable bonds is 9. The average Bonchev–Trinajstić information content (AvgIpc) is 3.28. The molecule has 2 unspecified atom stereocenters. The summed E-state index contributed by atoms with van der Waals surface area (Å²) >= 11 is 0. The van der Waals surface area contributed by atoms with Gasteiger partial charge in [-0.1, -0.05) is 42.0 Å². The molecule has 32 heavy (non-hydrogen) atoms. The molecule has 0 saturated carbocycles. The predicted octanol–water partition coefficient (Wildman–Crippen LogP) is 4.13. The zero-order valence-corrected chi connectivity index (χ0v) is 21.6. The Labute approximate surface area is 208 Å². The van der Waals surface area contributed by atoms with Crippen molar-refractivity contribution in [1.29, 1.82) is 0 Å². The largest absolute Gasteiger partial charge is 0.493 e. The second-order valence-electron chi connectivity index (χ2n) is 8.16. The Morgan fingerprint density at radius 2 is 2.00 bits per heavy atom. The summed E-state index contributed by atoms with van der Waals surface area (Å²) in [5.74, 6) is 2.01. The van der Waals surface area contributed by atoms with Gasteiger partial charge in [0.1, 0.15) is 5.75 Å². The summed E-state index contributed by atoms with van der Waals surface area (Å²) in [5, 5.41) is 17.0. The van der Waals surface area contributed by atoms with Crippen molar-refractivity contribution >= 4 is 29.9 Å². The van der Waals surface area contributed by atoms with Gasteiger partial charge < -0.3 is 25.2 Å². The van der Waals surface area contributed by atoms with Crippen molar-refractivity contribution in [2.24, 2.45) is 10.9 Å². The van der Waals surface area contributed by atoms with Crippen LogP contribution < -0.4 is 15.4 Å². The van der Waals surface area contributed by atoms with Crippen molar-refractivity contribution < 1.29 is 14.6 Å². The molecule has 0 spiro atoms. The molecule has 0 amide bonds. The van der Waals surface area contributed by atoms with Gasteiger partial charge >= 0.3 is 0 Å². The van der Waals surface area contributed by atoms with Crippen LogP contribution in [0.1, 0.15) is 41.7 Å². The number of hydrogen-bond donors (Lipinski definition) is 3. The van der Waals surface area contributed by atoms with Gasteiger partial charge in [0.2, 0.25) is 0 Å². The van der Waals surface area contributed by atoms with E-state index >= 15 is 0 Å². The molecular formula is C25H36IN3O3. The third-order valence-corrected chi connectivity index (χ3v) is 5.36. The van der Waals surface area contributed by atoms with Crippen LogP contribution in [0.15, 0.2) is 47.5 Å². The Bertz CT molecular complexity index is 869. The molecule has 2 aromatic rings. The maximum atomic E-state index is 10.5. The van der Waals surface area contributed by atoms with Crippen LogP contribution in [0.3, 0.4) is 0 Å². The lowest BCUT2D eigenvalue weighted by Gasteiger charge is -2.17. The molecule has 1 aliphatic heterocycles. The molecular weight excluding hydrogens is 517 g/mol. The molecule has 7 heteroatoms. The normalized spacial score (nSPS) is 16.9. The third-order valence-electron chi connectivity index (χ3n) is 5.36. The van der Waals surface area contributed by atoms with Crippen LogP contribution in [0.4, 0.5) is 0 Å². The van der Waals surface area contributed by atoms with E-state index in [1.807, 2.05) is 38.1 Å². The van der Waals surface area contributed by atoms with E-state index in [-0.39, 0.29) is 24.0 Å². The minimum atomic E-state index is -0.601. The molecule has 3 N–H and O–H groups in total. The summed E-state index contributed by atoms with van der Waals surface area (Å²) in [6, 6.07) is 14.2. The van der Waals surface area contributed by atoms with Crippen LogP contribution in [0.25, 0.3) is 0 Å². The molecule has 1 heterocycles. The SMILES string of the molecule is CCNC(=NCc1ccc(C)cc1OCC1CCOC1)NCC(O)c1cccc(C)c1.I. The van der Waals surface area contributed by atoms with Crippen LogP contribution >= 0.6 is 24.0 Å². The Morgan fingerprint density at radius 3 is 2.72 bits per heavy atom. The van der Waals surface area contributed by atoms with Crippen molar-refractivity contribution in [3.05, 3.63) is 64.7 Å². The number of guanidine groups is 1. The quantitative estimate of drug-likeness (QED) is 0.248. The van der Waals surface area contributed by atoms with Gasteiger partial charge in [-0.2, -0.15) is 0 Å². The number of aryl methyl sites for hydroxylation is 2. The summed E-state index contributed by atoms with van der Waals surface area (Å²) in [5.41, 5.74) is 4.24. The smallest absolute Gasteiger partial charge is 0.191 e. The molecule has 0 bridgehead atoms. The van der Waals surface area contributed by atoms with Gasteiger partial charge in [0.15, 0.2) is 5.96 Å². The molecule has 6 nitrogen and oxygen atoms in total. The summed E-state index contributed by atoms with van der Waals surface area (Å²) in [7, 11) is 0. The number of nitrogens with zero attached hydrogens (tertiary/aromatic N) is 1. The highest BCUT2D eigenvalue weighted by molar-refractivity contribution is 14.0. The van der Waals surface area contributed by atoms with Gasteiger partial charge in [0, 0.05) is 31.2 Å². The minimum absolute atomic E-state index is 0. The van der Waals surface area contributed by atoms with Crippen LogP contribution in [0.5, 0.6) is 5.75 Å². The van der Waals surface area contributed by atoms with Gasteiger partial charge in [-0.15, -0.1) is 24.0 Å². The minimum Gasteiger partial charge on any atom is -0.493 e. The Balaban J connectivity index is 0.00000363. The highest BCUT2D eigenvalue weighted by Gasteiger charge is 2.17. The second-order valence-corrected chi connectivity index (χ2v) is 8.16. The number of aliphatic hydroxyl groups excluding tert-OH is 1. The van der Waals surface area contributed by atoms with E-state index in [1.54, 1.807) is 0 Å². The number of aliphatic imine (C=N–C) groups is 1. The van der Waals surface area contributed by atoms with Gasteiger partial charge in [0.25, 0.3) is 0 Å². The molecule has 0 radical (unpaired) electrons. The zero-order chi connectivity index (χ0) is 22.1. The molecule has 0 aliphatic carbocycles. The molecule has 0 aromatic heterocycles. The highest BCUT2D eigenvalue weighted by atomic mass is 127.